The van der Waals surface area contributed by atoms with E-state index in [1.54, 1.807) is 18.3 Å². The minimum Gasteiger partial charge on any atom is -0.320 e. The molecule has 1 nitrogen and oxygen atoms in total. The van der Waals surface area contributed by atoms with Gasteiger partial charge in [0, 0.05) is 9.75 Å². The lowest BCUT2D eigenvalue weighted by Gasteiger charge is -2.15. The van der Waals surface area contributed by atoms with E-state index in [1.807, 2.05) is 19.9 Å². The van der Waals surface area contributed by atoms with Crippen LogP contribution in [0.1, 0.15) is 38.0 Å². The molecule has 0 saturated heterocycles. The van der Waals surface area contributed by atoms with Gasteiger partial charge in [-0.15, -0.1) is 11.3 Å². The van der Waals surface area contributed by atoms with Crippen molar-refractivity contribution in [1.29, 1.82) is 0 Å². The molecule has 2 aromatic rings. The summed E-state index contributed by atoms with van der Waals surface area (Å²) in [5.74, 6) is 0. The molecule has 0 bridgehead atoms. The Morgan fingerprint density at radius 3 is 2.15 bits per heavy atom. The Morgan fingerprint density at radius 2 is 1.70 bits per heavy atom. The number of hydrogen-bond acceptors (Lipinski definition) is 2. The number of rotatable bonds is 2. The molecule has 1 aromatic carbocycles. The smallest absolute Gasteiger partial charge is 0.320 e. The number of halogens is 3. The Kier molecular flexibility index (Phi) is 3.93. The molecule has 1 atom stereocenters. The van der Waals surface area contributed by atoms with Crippen LogP contribution in [0.4, 0.5) is 13.2 Å². The molecule has 0 aliphatic heterocycles. The van der Waals surface area contributed by atoms with Gasteiger partial charge in [0.1, 0.15) is 0 Å². The molecule has 0 aliphatic carbocycles. The third-order valence-electron chi connectivity index (χ3n) is 3.42. The van der Waals surface area contributed by atoms with Gasteiger partial charge in [-0.05, 0) is 55.7 Å². The predicted molar refractivity (Wildman–Crippen MR) is 76.0 cm³/mol. The van der Waals surface area contributed by atoms with Gasteiger partial charge in [0.05, 0.1) is 11.6 Å². The lowest BCUT2D eigenvalue weighted by molar-refractivity contribution is -0.137. The van der Waals surface area contributed by atoms with Gasteiger partial charge in [0.15, 0.2) is 0 Å². The van der Waals surface area contributed by atoms with Crippen LogP contribution in [0.15, 0.2) is 24.3 Å². The highest BCUT2D eigenvalue weighted by atomic mass is 32.1. The molecule has 1 aromatic heterocycles. The molecular weight excluding hydrogens is 283 g/mol. The topological polar surface area (TPSA) is 26.0 Å². The van der Waals surface area contributed by atoms with E-state index in [1.165, 1.54) is 10.9 Å². The molecule has 1 unspecified atom stereocenters. The van der Waals surface area contributed by atoms with E-state index in [0.29, 0.717) is 5.56 Å². The minimum atomic E-state index is -4.32. The van der Waals surface area contributed by atoms with Crippen molar-refractivity contribution in [3.8, 4) is 0 Å². The molecule has 20 heavy (non-hydrogen) atoms. The molecule has 2 N–H and O–H groups in total. The molecular formula is C15H16F3NS. The van der Waals surface area contributed by atoms with Crippen molar-refractivity contribution < 1.29 is 13.2 Å². The summed E-state index contributed by atoms with van der Waals surface area (Å²) in [6.45, 7) is 5.68. The van der Waals surface area contributed by atoms with Crippen LogP contribution in [-0.4, -0.2) is 0 Å². The first-order chi connectivity index (χ1) is 9.20. The average Bonchev–Trinajstić information content (AvgIpc) is 2.67. The summed E-state index contributed by atoms with van der Waals surface area (Å²) in [5.41, 5.74) is 8.01. The van der Waals surface area contributed by atoms with Crippen molar-refractivity contribution in [2.24, 2.45) is 5.73 Å². The zero-order valence-corrected chi connectivity index (χ0v) is 12.3. The van der Waals surface area contributed by atoms with Gasteiger partial charge in [-0.2, -0.15) is 13.2 Å². The first kappa shape index (κ1) is 15.1. The largest absolute Gasteiger partial charge is 0.416 e. The first-order valence-electron chi connectivity index (χ1n) is 6.20. The van der Waals surface area contributed by atoms with Gasteiger partial charge < -0.3 is 5.73 Å². The molecule has 0 saturated carbocycles. The molecule has 0 spiro atoms. The van der Waals surface area contributed by atoms with Crippen LogP contribution in [0.2, 0.25) is 0 Å². The SMILES string of the molecule is Cc1cc(C(F)(F)F)ccc1C(N)c1cc(C)c(C)s1. The summed E-state index contributed by atoms with van der Waals surface area (Å²) in [4.78, 5) is 2.16. The van der Waals surface area contributed by atoms with Crippen LogP contribution in [0.3, 0.4) is 0 Å². The Morgan fingerprint density at radius 1 is 1.05 bits per heavy atom. The molecule has 0 aliphatic rings. The van der Waals surface area contributed by atoms with Gasteiger partial charge in [-0.1, -0.05) is 6.07 Å². The zero-order chi connectivity index (χ0) is 15.1. The van der Waals surface area contributed by atoms with E-state index >= 15 is 0 Å². The van der Waals surface area contributed by atoms with Crippen LogP contribution in [0.5, 0.6) is 0 Å². The van der Waals surface area contributed by atoms with Crippen LogP contribution in [-0.2, 0) is 6.18 Å². The summed E-state index contributed by atoms with van der Waals surface area (Å²) in [5, 5.41) is 0. The Bertz CT molecular complexity index is 609. The summed E-state index contributed by atoms with van der Waals surface area (Å²) in [6.07, 6.45) is -4.32. The van der Waals surface area contributed by atoms with Crippen molar-refractivity contribution in [1.82, 2.24) is 0 Å². The average molecular weight is 299 g/mol. The molecule has 108 valence electrons. The fourth-order valence-corrected chi connectivity index (χ4v) is 3.17. The summed E-state index contributed by atoms with van der Waals surface area (Å²) in [6, 6.07) is 5.35. The number of alkyl halides is 3. The zero-order valence-electron chi connectivity index (χ0n) is 11.5. The second-order valence-electron chi connectivity index (χ2n) is 4.93. The van der Waals surface area contributed by atoms with E-state index in [2.05, 4.69) is 0 Å². The lowest BCUT2D eigenvalue weighted by Crippen LogP contribution is -2.13. The Labute approximate surface area is 120 Å². The molecule has 0 fully saturated rings. The fourth-order valence-electron chi connectivity index (χ4n) is 2.11. The fraction of sp³-hybridized carbons (Fsp3) is 0.333. The molecule has 0 amide bonds. The van der Waals surface area contributed by atoms with Crippen molar-refractivity contribution in [2.75, 3.05) is 0 Å². The normalized spacial score (nSPS) is 13.6. The monoisotopic (exact) mass is 299 g/mol. The number of hydrogen-bond donors (Lipinski definition) is 1. The van der Waals surface area contributed by atoms with Gasteiger partial charge in [0.25, 0.3) is 0 Å². The summed E-state index contributed by atoms with van der Waals surface area (Å²) in [7, 11) is 0. The van der Waals surface area contributed by atoms with Crippen molar-refractivity contribution in [2.45, 2.75) is 33.0 Å². The van der Waals surface area contributed by atoms with E-state index in [4.69, 9.17) is 5.73 Å². The number of nitrogens with two attached hydrogens (primary N) is 1. The third-order valence-corrected chi connectivity index (χ3v) is 4.66. The van der Waals surface area contributed by atoms with Crippen LogP contribution in [0, 0.1) is 20.8 Å². The van der Waals surface area contributed by atoms with Crippen LogP contribution < -0.4 is 5.73 Å². The van der Waals surface area contributed by atoms with Crippen molar-refractivity contribution >= 4 is 11.3 Å². The van der Waals surface area contributed by atoms with Gasteiger partial charge in [-0.25, -0.2) is 0 Å². The first-order valence-corrected chi connectivity index (χ1v) is 7.02. The predicted octanol–water partition coefficient (Wildman–Crippen LogP) is 4.74. The quantitative estimate of drug-likeness (QED) is 0.851. The molecule has 2 rings (SSSR count). The van der Waals surface area contributed by atoms with E-state index < -0.39 is 11.7 Å². The van der Waals surface area contributed by atoms with Gasteiger partial charge in [0.2, 0.25) is 0 Å². The van der Waals surface area contributed by atoms with Crippen molar-refractivity contribution in [3.63, 3.8) is 0 Å². The Balaban J connectivity index is 2.38. The van der Waals surface area contributed by atoms with Gasteiger partial charge in [-0.3, -0.25) is 0 Å². The third kappa shape index (κ3) is 2.88. The second kappa shape index (κ2) is 5.22. The van der Waals surface area contributed by atoms with Crippen molar-refractivity contribution in [3.05, 3.63) is 56.3 Å². The maximum atomic E-state index is 12.7. The Hall–Kier alpha value is -1.33. The molecule has 0 radical (unpaired) electrons. The standard InChI is InChI=1S/C15H16F3NS/c1-8-7-13(20-10(8)3)14(19)12-5-4-11(6-9(12)2)15(16,17)18/h4-7,14H,19H2,1-3H3. The van der Waals surface area contributed by atoms with Gasteiger partial charge >= 0.3 is 6.18 Å². The number of thiophene rings is 1. The van der Waals surface area contributed by atoms with Crippen LogP contribution >= 0.6 is 11.3 Å². The lowest BCUT2D eigenvalue weighted by atomic mass is 9.98. The van der Waals surface area contributed by atoms with Crippen LogP contribution in [0.25, 0.3) is 0 Å². The van der Waals surface area contributed by atoms with E-state index in [-0.39, 0.29) is 6.04 Å². The highest BCUT2D eigenvalue weighted by molar-refractivity contribution is 7.12. The number of aryl methyl sites for hydroxylation is 3. The minimum absolute atomic E-state index is 0.380. The summed E-state index contributed by atoms with van der Waals surface area (Å²) < 4.78 is 38.0. The van der Waals surface area contributed by atoms with E-state index in [9.17, 15) is 13.2 Å². The molecule has 1 heterocycles. The highest BCUT2D eigenvalue weighted by Gasteiger charge is 2.31. The summed E-state index contributed by atoms with van der Waals surface area (Å²) >= 11 is 1.59. The second-order valence-corrected chi connectivity index (χ2v) is 6.22. The highest BCUT2D eigenvalue weighted by Crippen LogP contribution is 2.34. The molecule has 5 heteroatoms. The number of benzene rings is 1. The maximum absolute atomic E-state index is 12.7. The maximum Gasteiger partial charge on any atom is 0.416 e. The van der Waals surface area contributed by atoms with E-state index in [0.717, 1.165) is 28.1 Å².